The van der Waals surface area contributed by atoms with Gasteiger partial charge >= 0.3 is 0 Å². The Morgan fingerprint density at radius 2 is 2.00 bits per heavy atom. The van der Waals surface area contributed by atoms with E-state index in [1.54, 1.807) is 11.3 Å². The number of aryl methyl sites for hydroxylation is 1. The molecule has 1 aromatic heterocycles. The minimum absolute atomic E-state index is 0.263. The Morgan fingerprint density at radius 3 is 2.65 bits per heavy atom. The second-order valence-corrected chi connectivity index (χ2v) is 7.20. The lowest BCUT2D eigenvalue weighted by Crippen LogP contribution is -2.23. The Bertz CT molecular complexity index is 576. The van der Waals surface area contributed by atoms with E-state index in [4.69, 9.17) is 0 Å². The molecule has 0 amide bonds. The molecular formula is C16H21N3S. The number of aromatic nitrogens is 2. The Hall–Kier alpha value is -1.42. The molecule has 1 aromatic carbocycles. The van der Waals surface area contributed by atoms with Crippen LogP contribution in [-0.4, -0.2) is 23.3 Å². The molecule has 3 rings (SSSR count). The van der Waals surface area contributed by atoms with Gasteiger partial charge in [-0.05, 0) is 17.4 Å². The summed E-state index contributed by atoms with van der Waals surface area (Å²) in [7, 11) is 0. The summed E-state index contributed by atoms with van der Waals surface area (Å²) in [6.45, 7) is 8.92. The van der Waals surface area contributed by atoms with Crippen molar-refractivity contribution in [3.05, 3.63) is 40.9 Å². The highest BCUT2D eigenvalue weighted by Crippen LogP contribution is 2.44. The van der Waals surface area contributed by atoms with Crippen molar-refractivity contribution in [3.63, 3.8) is 0 Å². The molecule has 1 atom stereocenters. The molecule has 0 saturated carbocycles. The van der Waals surface area contributed by atoms with Crippen LogP contribution in [-0.2, 0) is 6.42 Å². The minimum Gasteiger partial charge on any atom is -0.345 e. The number of benzene rings is 1. The molecule has 1 aliphatic heterocycles. The van der Waals surface area contributed by atoms with Gasteiger partial charge in [-0.2, -0.15) is 0 Å². The summed E-state index contributed by atoms with van der Waals surface area (Å²) in [5.41, 5.74) is 1.69. The van der Waals surface area contributed by atoms with Crippen molar-refractivity contribution in [2.24, 2.45) is 5.41 Å². The molecular weight excluding hydrogens is 266 g/mol. The molecule has 0 spiro atoms. The zero-order valence-corrected chi connectivity index (χ0v) is 13.2. The van der Waals surface area contributed by atoms with Crippen LogP contribution in [0.2, 0.25) is 0 Å². The molecule has 0 aliphatic carbocycles. The zero-order chi connectivity index (χ0) is 14.2. The van der Waals surface area contributed by atoms with E-state index >= 15 is 0 Å². The van der Waals surface area contributed by atoms with Crippen molar-refractivity contribution in [2.45, 2.75) is 33.1 Å². The molecule has 3 nitrogen and oxygen atoms in total. The van der Waals surface area contributed by atoms with Crippen LogP contribution in [0.25, 0.3) is 0 Å². The first kappa shape index (κ1) is 13.6. The predicted molar refractivity (Wildman–Crippen MR) is 84.5 cm³/mol. The highest BCUT2D eigenvalue weighted by Gasteiger charge is 2.41. The Kier molecular flexibility index (Phi) is 3.50. The normalized spacial score (nSPS) is 21.4. The van der Waals surface area contributed by atoms with Crippen LogP contribution in [0, 0.1) is 5.41 Å². The molecule has 1 aliphatic rings. The van der Waals surface area contributed by atoms with Crippen molar-refractivity contribution in [1.29, 1.82) is 0 Å². The lowest BCUT2D eigenvalue weighted by Gasteiger charge is -2.25. The molecule has 20 heavy (non-hydrogen) atoms. The predicted octanol–water partition coefficient (Wildman–Crippen LogP) is 3.73. The van der Waals surface area contributed by atoms with E-state index in [1.807, 2.05) is 0 Å². The van der Waals surface area contributed by atoms with Gasteiger partial charge in [-0.3, -0.25) is 0 Å². The molecule has 106 valence electrons. The van der Waals surface area contributed by atoms with Crippen LogP contribution in [0.15, 0.2) is 30.3 Å². The SMILES string of the molecule is CCc1nnc(N2CC(c3ccccc3)C(C)(C)C2)s1. The molecule has 0 N–H and O–H groups in total. The second kappa shape index (κ2) is 5.17. The number of hydrogen-bond acceptors (Lipinski definition) is 4. The van der Waals surface area contributed by atoms with E-state index in [-0.39, 0.29) is 5.41 Å². The fraction of sp³-hybridized carbons (Fsp3) is 0.500. The molecule has 0 radical (unpaired) electrons. The Morgan fingerprint density at radius 1 is 1.25 bits per heavy atom. The smallest absolute Gasteiger partial charge is 0.208 e. The minimum atomic E-state index is 0.263. The molecule has 1 saturated heterocycles. The molecule has 2 aromatic rings. The van der Waals surface area contributed by atoms with Crippen LogP contribution in [0.4, 0.5) is 5.13 Å². The molecule has 2 heterocycles. The van der Waals surface area contributed by atoms with Crippen LogP contribution < -0.4 is 4.90 Å². The van der Waals surface area contributed by atoms with Gasteiger partial charge in [-0.25, -0.2) is 0 Å². The zero-order valence-electron chi connectivity index (χ0n) is 12.3. The van der Waals surface area contributed by atoms with Crippen molar-refractivity contribution in [2.75, 3.05) is 18.0 Å². The lowest BCUT2D eigenvalue weighted by atomic mass is 9.78. The maximum Gasteiger partial charge on any atom is 0.208 e. The molecule has 0 bridgehead atoms. The number of anilines is 1. The summed E-state index contributed by atoms with van der Waals surface area (Å²) in [5.74, 6) is 0.553. The van der Waals surface area contributed by atoms with Crippen molar-refractivity contribution >= 4 is 16.5 Å². The molecule has 4 heteroatoms. The van der Waals surface area contributed by atoms with E-state index in [1.165, 1.54) is 5.56 Å². The first-order valence-corrected chi connectivity index (χ1v) is 8.04. The van der Waals surface area contributed by atoms with Gasteiger partial charge in [-0.1, -0.05) is 62.4 Å². The van der Waals surface area contributed by atoms with E-state index in [2.05, 4.69) is 66.2 Å². The van der Waals surface area contributed by atoms with Gasteiger partial charge in [0.1, 0.15) is 5.01 Å². The van der Waals surface area contributed by atoms with E-state index in [0.29, 0.717) is 5.92 Å². The third-order valence-corrected chi connectivity index (χ3v) is 5.30. The highest BCUT2D eigenvalue weighted by atomic mass is 32.1. The van der Waals surface area contributed by atoms with Crippen molar-refractivity contribution in [1.82, 2.24) is 10.2 Å². The van der Waals surface area contributed by atoms with Gasteiger partial charge < -0.3 is 4.90 Å². The summed E-state index contributed by atoms with van der Waals surface area (Å²) in [4.78, 5) is 2.40. The summed E-state index contributed by atoms with van der Waals surface area (Å²) in [6.07, 6.45) is 0.969. The van der Waals surface area contributed by atoms with Crippen LogP contribution >= 0.6 is 11.3 Å². The maximum atomic E-state index is 4.36. The largest absolute Gasteiger partial charge is 0.345 e. The highest BCUT2D eigenvalue weighted by molar-refractivity contribution is 7.15. The molecule has 1 unspecified atom stereocenters. The van der Waals surface area contributed by atoms with Crippen LogP contribution in [0.3, 0.4) is 0 Å². The fourth-order valence-corrected chi connectivity index (χ4v) is 3.82. The Balaban J connectivity index is 1.85. The van der Waals surface area contributed by atoms with E-state index < -0.39 is 0 Å². The summed E-state index contributed by atoms with van der Waals surface area (Å²) in [6, 6.07) is 10.8. The summed E-state index contributed by atoms with van der Waals surface area (Å²) in [5, 5.41) is 10.8. The number of nitrogens with zero attached hydrogens (tertiary/aromatic N) is 3. The van der Waals surface area contributed by atoms with Crippen LogP contribution in [0.1, 0.15) is 37.3 Å². The standard InChI is InChI=1S/C16H21N3S/c1-4-14-17-18-15(20-14)19-10-13(16(2,3)11-19)12-8-6-5-7-9-12/h5-9,13H,4,10-11H2,1-3H3. The first-order chi connectivity index (χ1) is 9.60. The van der Waals surface area contributed by atoms with E-state index in [9.17, 15) is 0 Å². The third kappa shape index (κ3) is 2.44. The van der Waals surface area contributed by atoms with Gasteiger partial charge in [0.15, 0.2) is 0 Å². The lowest BCUT2D eigenvalue weighted by molar-refractivity contribution is 0.365. The van der Waals surface area contributed by atoms with Gasteiger partial charge in [0.25, 0.3) is 0 Å². The van der Waals surface area contributed by atoms with Crippen LogP contribution in [0.5, 0.6) is 0 Å². The Labute approximate surface area is 124 Å². The van der Waals surface area contributed by atoms with Gasteiger partial charge in [0.2, 0.25) is 5.13 Å². The van der Waals surface area contributed by atoms with Crippen molar-refractivity contribution in [3.8, 4) is 0 Å². The topological polar surface area (TPSA) is 29.0 Å². The van der Waals surface area contributed by atoms with Gasteiger partial charge in [0, 0.05) is 19.0 Å². The fourth-order valence-electron chi connectivity index (χ4n) is 3.04. The van der Waals surface area contributed by atoms with Gasteiger partial charge in [0.05, 0.1) is 0 Å². The number of rotatable bonds is 3. The third-order valence-electron chi connectivity index (χ3n) is 4.18. The first-order valence-electron chi connectivity index (χ1n) is 7.22. The average molecular weight is 287 g/mol. The number of hydrogen-bond donors (Lipinski definition) is 0. The second-order valence-electron chi connectivity index (χ2n) is 6.16. The van der Waals surface area contributed by atoms with Gasteiger partial charge in [-0.15, -0.1) is 10.2 Å². The van der Waals surface area contributed by atoms with Crippen molar-refractivity contribution < 1.29 is 0 Å². The maximum absolute atomic E-state index is 4.36. The monoisotopic (exact) mass is 287 g/mol. The molecule has 1 fully saturated rings. The summed E-state index contributed by atoms with van der Waals surface area (Å²) >= 11 is 1.73. The average Bonchev–Trinajstić information content (AvgIpc) is 3.03. The van der Waals surface area contributed by atoms with E-state index in [0.717, 1.165) is 29.6 Å². The quantitative estimate of drug-likeness (QED) is 0.861. The summed E-state index contributed by atoms with van der Waals surface area (Å²) < 4.78 is 0.